The zero-order valence-corrected chi connectivity index (χ0v) is 14.7. The zero-order valence-electron chi connectivity index (χ0n) is 14.7. The Morgan fingerprint density at radius 2 is 1.96 bits per heavy atom. The molecule has 3 rings (SSSR count). The van der Waals surface area contributed by atoms with Gasteiger partial charge < -0.3 is 10.2 Å². The molecule has 0 saturated heterocycles. The molecule has 0 aliphatic heterocycles. The Labute approximate surface area is 146 Å². The molecule has 0 spiro atoms. The molecule has 0 unspecified atom stereocenters. The van der Waals surface area contributed by atoms with Gasteiger partial charge in [0.2, 0.25) is 5.78 Å². The van der Waals surface area contributed by atoms with Crippen LogP contribution < -0.4 is 10.2 Å². The van der Waals surface area contributed by atoms with Crippen molar-refractivity contribution in [3.63, 3.8) is 0 Å². The Kier molecular flexibility index (Phi) is 4.92. The third-order valence-corrected chi connectivity index (χ3v) is 4.16. The second-order valence-corrected chi connectivity index (χ2v) is 5.68. The molecule has 7 nitrogen and oxygen atoms in total. The molecular weight excluding hydrogens is 316 g/mol. The fourth-order valence-corrected chi connectivity index (χ4v) is 2.91. The van der Waals surface area contributed by atoms with Crippen molar-refractivity contribution < 1.29 is 4.79 Å². The van der Waals surface area contributed by atoms with Gasteiger partial charge in [-0.1, -0.05) is 6.07 Å². The molecule has 0 radical (unpaired) electrons. The molecule has 25 heavy (non-hydrogen) atoms. The molecule has 3 heterocycles. The lowest BCUT2D eigenvalue weighted by Crippen LogP contribution is -2.28. The number of aromatic nitrogens is 4. The van der Waals surface area contributed by atoms with Gasteiger partial charge in [0, 0.05) is 43.8 Å². The predicted octanol–water partition coefficient (Wildman–Crippen LogP) is 2.21. The highest BCUT2D eigenvalue weighted by molar-refractivity contribution is 5.94. The number of amides is 1. The van der Waals surface area contributed by atoms with Gasteiger partial charge in [0.15, 0.2) is 0 Å². The number of nitrogens with one attached hydrogen (secondary N) is 1. The molecule has 3 aromatic rings. The summed E-state index contributed by atoms with van der Waals surface area (Å²) in [6.45, 7) is 8.14. The maximum Gasteiger partial charge on any atom is 0.270 e. The molecule has 0 bridgehead atoms. The Morgan fingerprint density at radius 1 is 1.20 bits per heavy atom. The number of anilines is 1. The number of pyridine rings is 1. The number of hydrogen-bond acceptors (Lipinski definition) is 5. The van der Waals surface area contributed by atoms with Crippen LogP contribution in [-0.2, 0) is 6.54 Å². The molecule has 130 valence electrons. The van der Waals surface area contributed by atoms with Crippen LogP contribution in [0.3, 0.4) is 0 Å². The highest BCUT2D eigenvalue weighted by atomic mass is 16.1. The summed E-state index contributed by atoms with van der Waals surface area (Å²) in [5, 5.41) is 2.98. The predicted molar refractivity (Wildman–Crippen MR) is 96.7 cm³/mol. The molecule has 0 aliphatic carbocycles. The number of carbonyl (C=O) groups excluding carboxylic acids is 1. The lowest BCUT2D eigenvalue weighted by atomic mass is 10.2. The number of nitrogens with zero attached hydrogens (tertiary/aromatic N) is 5. The first-order valence-electron chi connectivity index (χ1n) is 8.42. The molecule has 0 saturated carbocycles. The van der Waals surface area contributed by atoms with E-state index in [1.807, 2.05) is 19.1 Å². The van der Waals surface area contributed by atoms with Gasteiger partial charge in [-0.05, 0) is 32.9 Å². The number of imidazole rings is 1. The Bertz CT molecular complexity index is 884. The van der Waals surface area contributed by atoms with Gasteiger partial charge >= 0.3 is 0 Å². The van der Waals surface area contributed by atoms with Crippen LogP contribution >= 0.6 is 0 Å². The largest absolute Gasteiger partial charge is 0.357 e. The van der Waals surface area contributed by atoms with Gasteiger partial charge in [-0.15, -0.1) is 0 Å². The van der Waals surface area contributed by atoms with E-state index in [-0.39, 0.29) is 5.91 Å². The lowest BCUT2D eigenvalue weighted by Gasteiger charge is -2.22. The van der Waals surface area contributed by atoms with Crippen LogP contribution in [0.15, 0.2) is 36.8 Å². The number of fused-ring (bicyclic) bond motifs is 1. The van der Waals surface area contributed by atoms with E-state index in [0.29, 0.717) is 23.7 Å². The SMILES string of the molecule is CCN(CC)c1ncccc1CNC(=O)c1c(C)nc2ncccn12. The molecule has 7 heteroatoms. The lowest BCUT2D eigenvalue weighted by molar-refractivity contribution is 0.0944. The van der Waals surface area contributed by atoms with Crippen LogP contribution in [0.5, 0.6) is 0 Å². The van der Waals surface area contributed by atoms with E-state index in [1.54, 1.807) is 29.1 Å². The summed E-state index contributed by atoms with van der Waals surface area (Å²) in [6, 6.07) is 5.66. The summed E-state index contributed by atoms with van der Waals surface area (Å²) in [5.41, 5.74) is 2.16. The second-order valence-electron chi connectivity index (χ2n) is 5.68. The van der Waals surface area contributed by atoms with E-state index in [9.17, 15) is 4.79 Å². The van der Waals surface area contributed by atoms with E-state index in [0.717, 1.165) is 24.5 Å². The molecule has 1 amide bonds. The standard InChI is InChI=1S/C18H22N6O/c1-4-23(5-2)16-14(8-6-9-19-16)12-21-17(25)15-13(3)22-18-20-10-7-11-24(15)18/h6-11H,4-5,12H2,1-3H3,(H,21,25). The van der Waals surface area contributed by atoms with Crippen molar-refractivity contribution in [2.75, 3.05) is 18.0 Å². The van der Waals surface area contributed by atoms with Crippen LogP contribution in [0, 0.1) is 6.92 Å². The van der Waals surface area contributed by atoms with Crippen LogP contribution in [0.25, 0.3) is 5.78 Å². The summed E-state index contributed by atoms with van der Waals surface area (Å²) in [5.74, 6) is 1.26. The fourth-order valence-electron chi connectivity index (χ4n) is 2.91. The number of carbonyl (C=O) groups is 1. The van der Waals surface area contributed by atoms with E-state index >= 15 is 0 Å². The first kappa shape index (κ1) is 16.9. The third kappa shape index (κ3) is 3.31. The Balaban J connectivity index is 1.82. The van der Waals surface area contributed by atoms with Gasteiger partial charge in [-0.25, -0.2) is 15.0 Å². The maximum atomic E-state index is 12.7. The Hall–Kier alpha value is -2.96. The quantitative estimate of drug-likeness (QED) is 0.746. The highest BCUT2D eigenvalue weighted by Gasteiger charge is 2.17. The van der Waals surface area contributed by atoms with Crippen molar-refractivity contribution in [3.05, 3.63) is 53.7 Å². The molecule has 0 aromatic carbocycles. The third-order valence-electron chi connectivity index (χ3n) is 4.16. The van der Waals surface area contributed by atoms with Crippen molar-refractivity contribution >= 4 is 17.5 Å². The summed E-state index contributed by atoms with van der Waals surface area (Å²) in [4.78, 5) is 27.9. The Morgan fingerprint density at radius 3 is 2.72 bits per heavy atom. The van der Waals surface area contributed by atoms with Crippen molar-refractivity contribution in [1.29, 1.82) is 0 Å². The molecule has 0 aliphatic rings. The van der Waals surface area contributed by atoms with Crippen LogP contribution in [0.1, 0.15) is 35.6 Å². The minimum absolute atomic E-state index is 0.174. The van der Waals surface area contributed by atoms with Gasteiger partial charge in [0.05, 0.1) is 5.69 Å². The highest BCUT2D eigenvalue weighted by Crippen LogP contribution is 2.17. The monoisotopic (exact) mass is 338 g/mol. The van der Waals surface area contributed by atoms with Gasteiger partial charge in [0.25, 0.3) is 5.91 Å². The van der Waals surface area contributed by atoms with E-state index in [2.05, 4.69) is 39.0 Å². The molecule has 3 aromatic heterocycles. The van der Waals surface area contributed by atoms with Gasteiger partial charge in [-0.3, -0.25) is 9.20 Å². The molecule has 0 fully saturated rings. The average Bonchev–Trinajstić information content (AvgIpc) is 2.97. The smallest absolute Gasteiger partial charge is 0.270 e. The van der Waals surface area contributed by atoms with E-state index in [4.69, 9.17) is 0 Å². The zero-order chi connectivity index (χ0) is 17.8. The van der Waals surface area contributed by atoms with Crippen LogP contribution in [0.2, 0.25) is 0 Å². The van der Waals surface area contributed by atoms with Crippen molar-refractivity contribution in [2.45, 2.75) is 27.3 Å². The first-order valence-corrected chi connectivity index (χ1v) is 8.42. The minimum atomic E-state index is -0.174. The first-order chi connectivity index (χ1) is 12.2. The molecule has 1 N–H and O–H groups in total. The van der Waals surface area contributed by atoms with Gasteiger partial charge in [-0.2, -0.15) is 0 Å². The summed E-state index contributed by atoms with van der Waals surface area (Å²) in [7, 11) is 0. The van der Waals surface area contributed by atoms with Crippen molar-refractivity contribution in [3.8, 4) is 0 Å². The topological polar surface area (TPSA) is 75.4 Å². The minimum Gasteiger partial charge on any atom is -0.357 e. The number of hydrogen-bond donors (Lipinski definition) is 1. The summed E-state index contributed by atoms with van der Waals surface area (Å²) in [6.07, 6.45) is 5.23. The van der Waals surface area contributed by atoms with E-state index < -0.39 is 0 Å². The average molecular weight is 338 g/mol. The number of rotatable bonds is 6. The second kappa shape index (κ2) is 7.29. The maximum absolute atomic E-state index is 12.7. The summed E-state index contributed by atoms with van der Waals surface area (Å²) < 4.78 is 1.71. The molecule has 0 atom stereocenters. The normalized spacial score (nSPS) is 10.8. The summed E-state index contributed by atoms with van der Waals surface area (Å²) >= 11 is 0. The number of aryl methyl sites for hydroxylation is 1. The fraction of sp³-hybridized carbons (Fsp3) is 0.333. The van der Waals surface area contributed by atoms with Gasteiger partial charge in [0.1, 0.15) is 11.5 Å². The molecular formula is C18H22N6O. The van der Waals surface area contributed by atoms with Crippen LogP contribution in [-0.4, -0.2) is 38.3 Å². The van der Waals surface area contributed by atoms with E-state index in [1.165, 1.54) is 0 Å². The van der Waals surface area contributed by atoms with Crippen LogP contribution in [0.4, 0.5) is 5.82 Å². The van der Waals surface area contributed by atoms with Crippen molar-refractivity contribution in [2.24, 2.45) is 0 Å². The van der Waals surface area contributed by atoms with Crippen molar-refractivity contribution in [1.82, 2.24) is 24.7 Å².